The Morgan fingerprint density at radius 3 is 2.55 bits per heavy atom. The molecule has 1 aromatic rings. The lowest BCUT2D eigenvalue weighted by atomic mass is 10.0. The second kappa shape index (κ2) is 6.37. The van der Waals surface area contributed by atoms with Gasteiger partial charge in [0.1, 0.15) is 6.04 Å². The van der Waals surface area contributed by atoms with E-state index in [2.05, 4.69) is 31.3 Å². The number of morpholine rings is 1. The summed E-state index contributed by atoms with van der Waals surface area (Å²) < 4.78 is 5.54. The summed E-state index contributed by atoms with van der Waals surface area (Å²) in [6.45, 7) is 7.65. The summed E-state index contributed by atoms with van der Waals surface area (Å²) in [6, 6.07) is 7.90. The van der Waals surface area contributed by atoms with Crippen LogP contribution < -0.4 is 10.2 Å². The quantitative estimate of drug-likeness (QED) is 0.919. The summed E-state index contributed by atoms with van der Waals surface area (Å²) in [5.41, 5.74) is 2.20. The third kappa shape index (κ3) is 3.19. The maximum atomic E-state index is 12.5. The number of rotatable bonds is 3. The van der Waals surface area contributed by atoms with E-state index < -0.39 is 0 Å². The van der Waals surface area contributed by atoms with Gasteiger partial charge in [0.15, 0.2) is 0 Å². The van der Waals surface area contributed by atoms with Gasteiger partial charge in [0.05, 0.1) is 12.7 Å². The molecule has 2 rings (SSSR count). The molecule has 110 valence electrons. The van der Waals surface area contributed by atoms with Crippen LogP contribution in [-0.4, -0.2) is 38.3 Å². The van der Waals surface area contributed by atoms with Gasteiger partial charge < -0.3 is 15.0 Å². The van der Waals surface area contributed by atoms with Crippen LogP contribution in [0.4, 0.5) is 5.69 Å². The summed E-state index contributed by atoms with van der Waals surface area (Å²) in [4.78, 5) is 14.2. The number of hydrogen-bond donors (Lipinski definition) is 1. The molecule has 0 saturated carbocycles. The first kappa shape index (κ1) is 15.0. The van der Waals surface area contributed by atoms with Gasteiger partial charge in [-0.05, 0) is 30.5 Å². The first-order valence-electron chi connectivity index (χ1n) is 7.23. The minimum Gasteiger partial charge on any atom is -0.375 e. The van der Waals surface area contributed by atoms with Crippen LogP contribution in [0.25, 0.3) is 0 Å². The summed E-state index contributed by atoms with van der Waals surface area (Å²) in [5, 5.41) is 3.23. The number of nitrogens with zero attached hydrogens (tertiary/aromatic N) is 1. The number of hydrogen-bond acceptors (Lipinski definition) is 3. The van der Waals surface area contributed by atoms with Gasteiger partial charge in [-0.25, -0.2) is 0 Å². The molecule has 1 fully saturated rings. The summed E-state index contributed by atoms with van der Waals surface area (Å²) in [5.74, 6) is 0.549. The van der Waals surface area contributed by atoms with Crippen LogP contribution in [0.3, 0.4) is 0 Å². The van der Waals surface area contributed by atoms with E-state index in [0.29, 0.717) is 12.5 Å². The van der Waals surface area contributed by atoms with Crippen molar-refractivity contribution in [2.75, 3.05) is 25.1 Å². The second-order valence-electron chi connectivity index (χ2n) is 5.65. The highest BCUT2D eigenvalue weighted by atomic mass is 16.5. The minimum absolute atomic E-state index is 0.0505. The lowest BCUT2D eigenvalue weighted by Crippen LogP contribution is -2.55. The number of carbonyl (C=O) groups is 1. The molecule has 0 bridgehead atoms. The van der Waals surface area contributed by atoms with Crippen LogP contribution >= 0.6 is 0 Å². The molecule has 1 N–H and O–H groups in total. The van der Waals surface area contributed by atoms with Crippen LogP contribution in [0.15, 0.2) is 24.3 Å². The number of anilines is 1. The fourth-order valence-electron chi connectivity index (χ4n) is 2.43. The molecule has 1 heterocycles. The first-order chi connectivity index (χ1) is 9.50. The predicted molar refractivity (Wildman–Crippen MR) is 81.1 cm³/mol. The SMILES string of the molecule is CC(C)c1ccc(N(C)C(=O)[C@H]2NCCO[C@@H]2C)cc1. The van der Waals surface area contributed by atoms with Crippen molar-refractivity contribution in [2.45, 2.75) is 38.8 Å². The molecule has 0 aliphatic carbocycles. The van der Waals surface area contributed by atoms with Gasteiger partial charge in [-0.1, -0.05) is 26.0 Å². The molecule has 0 aromatic heterocycles. The molecule has 2 atom stereocenters. The molecule has 1 aliphatic heterocycles. The van der Waals surface area contributed by atoms with Gasteiger partial charge in [0.2, 0.25) is 5.91 Å². The summed E-state index contributed by atoms with van der Waals surface area (Å²) >= 11 is 0. The minimum atomic E-state index is -0.265. The molecule has 4 nitrogen and oxygen atoms in total. The summed E-state index contributed by atoms with van der Waals surface area (Å²) in [7, 11) is 1.82. The Balaban J connectivity index is 2.09. The zero-order valence-electron chi connectivity index (χ0n) is 12.7. The van der Waals surface area contributed by atoms with Crippen molar-refractivity contribution < 1.29 is 9.53 Å². The van der Waals surface area contributed by atoms with Crippen LogP contribution in [0, 0.1) is 0 Å². The number of likely N-dealkylation sites (N-methyl/N-ethyl adjacent to an activating group) is 1. The fraction of sp³-hybridized carbons (Fsp3) is 0.562. The number of benzene rings is 1. The third-order valence-corrected chi connectivity index (χ3v) is 3.86. The van der Waals surface area contributed by atoms with Crippen molar-refractivity contribution in [3.05, 3.63) is 29.8 Å². The lowest BCUT2D eigenvalue weighted by Gasteiger charge is -2.32. The molecular weight excluding hydrogens is 252 g/mol. The number of amides is 1. The van der Waals surface area contributed by atoms with E-state index in [-0.39, 0.29) is 18.1 Å². The average molecular weight is 276 g/mol. The van der Waals surface area contributed by atoms with E-state index >= 15 is 0 Å². The standard InChI is InChI=1S/C16H24N2O2/c1-11(2)13-5-7-14(8-6-13)18(4)16(19)15-12(3)20-10-9-17-15/h5-8,11-12,15,17H,9-10H2,1-4H3/t12-,15+/m1/s1. The van der Waals surface area contributed by atoms with E-state index in [9.17, 15) is 4.79 Å². The maximum Gasteiger partial charge on any atom is 0.246 e. The molecule has 1 aromatic carbocycles. The predicted octanol–water partition coefficient (Wildman–Crippen LogP) is 2.15. The topological polar surface area (TPSA) is 41.6 Å². The van der Waals surface area contributed by atoms with Gasteiger partial charge in [-0.15, -0.1) is 0 Å². The van der Waals surface area contributed by atoms with Gasteiger partial charge in [0.25, 0.3) is 0 Å². The molecule has 1 saturated heterocycles. The Bertz CT molecular complexity index is 456. The molecule has 0 unspecified atom stereocenters. The average Bonchev–Trinajstić information content (AvgIpc) is 2.46. The summed E-state index contributed by atoms with van der Waals surface area (Å²) in [6.07, 6.45) is -0.0892. The van der Waals surface area contributed by atoms with Crippen LogP contribution in [0.2, 0.25) is 0 Å². The molecular formula is C16H24N2O2. The lowest BCUT2D eigenvalue weighted by molar-refractivity contribution is -0.126. The van der Waals surface area contributed by atoms with Crippen molar-refractivity contribution >= 4 is 11.6 Å². The van der Waals surface area contributed by atoms with Crippen molar-refractivity contribution in [3.63, 3.8) is 0 Å². The Morgan fingerprint density at radius 1 is 1.35 bits per heavy atom. The van der Waals surface area contributed by atoms with Crippen LogP contribution in [0.1, 0.15) is 32.3 Å². The molecule has 20 heavy (non-hydrogen) atoms. The Kier molecular flexibility index (Phi) is 4.78. The van der Waals surface area contributed by atoms with Gasteiger partial charge >= 0.3 is 0 Å². The van der Waals surface area contributed by atoms with Gasteiger partial charge in [0, 0.05) is 19.3 Å². The Labute approximate surface area is 121 Å². The van der Waals surface area contributed by atoms with Crippen molar-refractivity contribution in [1.29, 1.82) is 0 Å². The first-order valence-corrected chi connectivity index (χ1v) is 7.23. The van der Waals surface area contributed by atoms with Crippen LogP contribution in [0.5, 0.6) is 0 Å². The van der Waals surface area contributed by atoms with Crippen molar-refractivity contribution in [1.82, 2.24) is 5.32 Å². The van der Waals surface area contributed by atoms with E-state index in [4.69, 9.17) is 4.74 Å². The van der Waals surface area contributed by atoms with E-state index in [1.165, 1.54) is 5.56 Å². The van der Waals surface area contributed by atoms with E-state index in [1.54, 1.807) is 4.90 Å². The fourth-order valence-corrected chi connectivity index (χ4v) is 2.43. The van der Waals surface area contributed by atoms with Crippen LogP contribution in [-0.2, 0) is 9.53 Å². The number of ether oxygens (including phenoxy) is 1. The number of carbonyl (C=O) groups excluding carboxylic acids is 1. The number of nitrogens with one attached hydrogen (secondary N) is 1. The Hall–Kier alpha value is -1.39. The highest BCUT2D eigenvalue weighted by Gasteiger charge is 2.30. The third-order valence-electron chi connectivity index (χ3n) is 3.86. The van der Waals surface area contributed by atoms with Gasteiger partial charge in [-0.2, -0.15) is 0 Å². The second-order valence-corrected chi connectivity index (χ2v) is 5.65. The van der Waals surface area contributed by atoms with E-state index in [0.717, 1.165) is 12.2 Å². The molecule has 1 amide bonds. The monoisotopic (exact) mass is 276 g/mol. The van der Waals surface area contributed by atoms with Crippen molar-refractivity contribution in [2.24, 2.45) is 0 Å². The largest absolute Gasteiger partial charge is 0.375 e. The van der Waals surface area contributed by atoms with Crippen molar-refractivity contribution in [3.8, 4) is 0 Å². The Morgan fingerprint density at radius 2 is 2.00 bits per heavy atom. The normalized spacial score (nSPS) is 22.9. The zero-order valence-corrected chi connectivity index (χ0v) is 12.7. The highest BCUT2D eigenvalue weighted by Crippen LogP contribution is 2.20. The molecule has 0 radical (unpaired) electrons. The molecule has 1 aliphatic rings. The molecule has 0 spiro atoms. The highest BCUT2D eigenvalue weighted by molar-refractivity contribution is 5.97. The van der Waals surface area contributed by atoms with E-state index in [1.807, 2.05) is 26.1 Å². The molecule has 4 heteroatoms. The maximum absolute atomic E-state index is 12.5. The smallest absolute Gasteiger partial charge is 0.246 e. The zero-order chi connectivity index (χ0) is 14.7. The van der Waals surface area contributed by atoms with Gasteiger partial charge in [-0.3, -0.25) is 4.79 Å².